The molecule has 0 radical (unpaired) electrons. The first-order valence-corrected chi connectivity index (χ1v) is 12.4. The van der Waals surface area contributed by atoms with Crippen molar-refractivity contribution in [1.29, 1.82) is 0 Å². The van der Waals surface area contributed by atoms with Crippen LogP contribution in [0.15, 0.2) is 40.5 Å². The fourth-order valence-electron chi connectivity index (χ4n) is 2.99. The molecule has 3 rings (SSSR count). The van der Waals surface area contributed by atoms with Gasteiger partial charge in [-0.05, 0) is 12.1 Å². The third-order valence-corrected chi connectivity index (χ3v) is 7.45. The summed E-state index contributed by atoms with van der Waals surface area (Å²) in [4.78, 5) is 22.1. The number of nitrogens with zero attached hydrogens (tertiary/aromatic N) is 3. The summed E-state index contributed by atoms with van der Waals surface area (Å²) in [6.07, 6.45) is 1.32. The van der Waals surface area contributed by atoms with E-state index >= 15 is 0 Å². The Hall–Kier alpha value is -2.45. The van der Waals surface area contributed by atoms with Gasteiger partial charge in [0.05, 0.1) is 30.9 Å². The van der Waals surface area contributed by atoms with E-state index in [0.717, 1.165) is 6.20 Å². The first kappa shape index (κ1) is 25.2. The van der Waals surface area contributed by atoms with Crippen molar-refractivity contribution in [1.82, 2.24) is 9.29 Å². The van der Waals surface area contributed by atoms with Crippen LogP contribution in [0.5, 0.6) is 0 Å². The van der Waals surface area contributed by atoms with Gasteiger partial charge in [0.15, 0.2) is 22.1 Å². The maximum absolute atomic E-state index is 13.2. The number of oxime groups is 1. The molecular formula is C20H25FN4O6S2. The standard InChI is InChI=1S/C20H25FN4O6S2/c1-3-25(9-11-29-2)33(27,28)16-6-4-14(5-7-16)18(24-31-15-8-10-30-13-15)19(26)23-20-22-12-17(21)32-20/h4-7,12,15H,3,8-11,13H2,1-2H3,(H,22,23,26)/t15-/m1/s1. The van der Waals surface area contributed by atoms with Crippen LogP contribution in [0, 0.1) is 5.13 Å². The second kappa shape index (κ2) is 11.6. The molecule has 1 N–H and O–H groups in total. The molecule has 1 saturated heterocycles. The van der Waals surface area contributed by atoms with Crippen LogP contribution >= 0.6 is 11.3 Å². The van der Waals surface area contributed by atoms with Crippen LogP contribution in [-0.4, -0.2) is 75.4 Å². The number of rotatable bonds is 11. The maximum Gasteiger partial charge on any atom is 0.280 e. The Morgan fingerprint density at radius 1 is 1.39 bits per heavy atom. The van der Waals surface area contributed by atoms with Gasteiger partial charge in [0.25, 0.3) is 5.91 Å². The zero-order chi connectivity index (χ0) is 23.8. The Morgan fingerprint density at radius 3 is 2.73 bits per heavy atom. The summed E-state index contributed by atoms with van der Waals surface area (Å²) in [6.45, 7) is 3.38. The Labute approximate surface area is 195 Å². The molecule has 1 aromatic heterocycles. The van der Waals surface area contributed by atoms with Crippen molar-refractivity contribution < 1.29 is 31.9 Å². The molecule has 1 amide bonds. The van der Waals surface area contributed by atoms with E-state index < -0.39 is 21.1 Å². The minimum Gasteiger partial charge on any atom is -0.389 e. The van der Waals surface area contributed by atoms with Crippen LogP contribution in [0.3, 0.4) is 0 Å². The fraction of sp³-hybridized carbons (Fsp3) is 0.450. The lowest BCUT2D eigenvalue weighted by atomic mass is 10.1. The van der Waals surface area contributed by atoms with Crippen LogP contribution in [0.2, 0.25) is 0 Å². The highest BCUT2D eigenvalue weighted by Crippen LogP contribution is 2.19. The van der Waals surface area contributed by atoms with Crippen molar-refractivity contribution in [2.24, 2.45) is 5.16 Å². The predicted molar refractivity (Wildman–Crippen MR) is 120 cm³/mol. The first-order chi connectivity index (χ1) is 15.8. The molecule has 2 heterocycles. The number of likely N-dealkylation sites (N-methyl/N-ethyl adjacent to an activating group) is 1. The van der Waals surface area contributed by atoms with E-state index in [-0.39, 0.29) is 41.5 Å². The van der Waals surface area contributed by atoms with E-state index in [0.29, 0.717) is 36.5 Å². The van der Waals surface area contributed by atoms with Crippen molar-refractivity contribution in [2.75, 3.05) is 45.3 Å². The number of thiazole rings is 1. The van der Waals surface area contributed by atoms with Gasteiger partial charge in [-0.25, -0.2) is 13.4 Å². The second-order valence-electron chi connectivity index (χ2n) is 6.97. The monoisotopic (exact) mass is 500 g/mol. The van der Waals surface area contributed by atoms with Gasteiger partial charge in [0, 0.05) is 32.2 Å². The smallest absolute Gasteiger partial charge is 0.280 e. The first-order valence-electron chi connectivity index (χ1n) is 10.2. The van der Waals surface area contributed by atoms with Gasteiger partial charge < -0.3 is 14.3 Å². The van der Waals surface area contributed by atoms with E-state index in [9.17, 15) is 17.6 Å². The lowest BCUT2D eigenvalue weighted by molar-refractivity contribution is -0.110. The third-order valence-electron chi connectivity index (χ3n) is 4.76. The number of nitrogens with one attached hydrogen (secondary N) is 1. The number of carbonyl (C=O) groups excluding carboxylic acids is 1. The number of sulfonamides is 1. The van der Waals surface area contributed by atoms with Gasteiger partial charge >= 0.3 is 0 Å². The highest BCUT2D eigenvalue weighted by atomic mass is 32.2. The van der Waals surface area contributed by atoms with Gasteiger partial charge in [-0.2, -0.15) is 8.70 Å². The minimum absolute atomic E-state index is 0.0605. The van der Waals surface area contributed by atoms with Crippen LogP contribution < -0.4 is 5.32 Å². The summed E-state index contributed by atoms with van der Waals surface area (Å²) < 4.78 is 50.6. The van der Waals surface area contributed by atoms with Gasteiger partial charge in [-0.15, -0.1) is 0 Å². The van der Waals surface area contributed by atoms with Crippen molar-refractivity contribution in [3.8, 4) is 0 Å². The third kappa shape index (κ3) is 6.54. The molecule has 13 heteroatoms. The van der Waals surface area contributed by atoms with Crippen molar-refractivity contribution in [2.45, 2.75) is 24.3 Å². The molecule has 1 aliphatic rings. The zero-order valence-corrected chi connectivity index (χ0v) is 19.8. The Balaban J connectivity index is 1.85. The zero-order valence-electron chi connectivity index (χ0n) is 18.2. The average molecular weight is 501 g/mol. The van der Waals surface area contributed by atoms with Gasteiger partial charge in [0.1, 0.15) is 0 Å². The maximum atomic E-state index is 13.2. The molecule has 33 heavy (non-hydrogen) atoms. The Morgan fingerprint density at radius 2 is 2.15 bits per heavy atom. The van der Waals surface area contributed by atoms with Gasteiger partial charge in [-0.1, -0.05) is 35.5 Å². The number of anilines is 1. The number of hydrogen-bond acceptors (Lipinski definition) is 9. The molecule has 10 nitrogen and oxygen atoms in total. The number of hydrogen-bond donors (Lipinski definition) is 1. The quantitative estimate of drug-likeness (QED) is 0.371. The minimum atomic E-state index is -3.74. The molecule has 0 saturated carbocycles. The molecule has 0 spiro atoms. The lowest BCUT2D eigenvalue weighted by Gasteiger charge is -2.20. The normalized spacial score (nSPS) is 16.8. The lowest BCUT2D eigenvalue weighted by Crippen LogP contribution is -2.33. The second-order valence-corrected chi connectivity index (χ2v) is 9.89. The summed E-state index contributed by atoms with van der Waals surface area (Å²) in [5, 5.41) is 5.98. The van der Waals surface area contributed by atoms with Gasteiger partial charge in [0.2, 0.25) is 10.0 Å². The van der Waals surface area contributed by atoms with Crippen molar-refractivity contribution in [3.05, 3.63) is 41.2 Å². The summed E-state index contributed by atoms with van der Waals surface area (Å²) in [6, 6.07) is 5.72. The van der Waals surface area contributed by atoms with Crippen LogP contribution in [-0.2, 0) is 29.1 Å². The Bertz CT molecular complexity index is 1070. The summed E-state index contributed by atoms with van der Waals surface area (Å²) in [7, 11) is -2.24. The average Bonchev–Trinajstić information content (AvgIpc) is 3.46. The summed E-state index contributed by atoms with van der Waals surface area (Å²) in [5.74, 6) is -0.672. The van der Waals surface area contributed by atoms with Crippen LogP contribution in [0.1, 0.15) is 18.9 Å². The molecular weight excluding hydrogens is 475 g/mol. The fourth-order valence-corrected chi connectivity index (χ4v) is 4.96. The molecule has 1 aliphatic heterocycles. The van der Waals surface area contributed by atoms with Crippen LogP contribution in [0.25, 0.3) is 0 Å². The van der Waals surface area contributed by atoms with Crippen molar-refractivity contribution in [3.63, 3.8) is 0 Å². The van der Waals surface area contributed by atoms with E-state index in [1.54, 1.807) is 6.92 Å². The molecule has 1 aromatic carbocycles. The number of amides is 1. The number of halogens is 1. The molecule has 0 aliphatic carbocycles. The SMILES string of the molecule is CCN(CCOC)S(=O)(=O)c1ccc(C(=NO[C@@H]2CCOC2)C(=O)Nc2ncc(F)s2)cc1. The largest absolute Gasteiger partial charge is 0.389 e. The molecule has 2 aromatic rings. The number of aromatic nitrogens is 1. The van der Waals surface area contributed by atoms with E-state index in [2.05, 4.69) is 15.5 Å². The number of benzene rings is 1. The van der Waals surface area contributed by atoms with Gasteiger partial charge in [-0.3, -0.25) is 10.1 Å². The number of carbonyl (C=O) groups is 1. The topological polar surface area (TPSA) is 119 Å². The molecule has 0 bridgehead atoms. The van der Waals surface area contributed by atoms with Crippen LogP contribution in [0.4, 0.5) is 9.52 Å². The predicted octanol–water partition coefficient (Wildman–Crippen LogP) is 2.09. The molecule has 1 atom stereocenters. The van der Waals surface area contributed by atoms with Crippen molar-refractivity contribution >= 4 is 38.1 Å². The summed E-state index contributed by atoms with van der Waals surface area (Å²) >= 11 is 0.669. The molecule has 1 fully saturated rings. The van der Waals surface area contributed by atoms with E-state index in [1.807, 2.05) is 0 Å². The molecule has 0 unspecified atom stereocenters. The number of ether oxygens (including phenoxy) is 2. The Kier molecular flexibility index (Phi) is 8.86. The number of methoxy groups -OCH3 is 1. The highest BCUT2D eigenvalue weighted by Gasteiger charge is 2.25. The van der Waals surface area contributed by atoms with E-state index in [1.165, 1.54) is 35.7 Å². The molecule has 180 valence electrons. The highest BCUT2D eigenvalue weighted by molar-refractivity contribution is 7.89. The van der Waals surface area contributed by atoms with E-state index in [4.69, 9.17) is 14.3 Å². The summed E-state index contributed by atoms with van der Waals surface area (Å²) in [5.41, 5.74) is 0.218.